The first-order chi connectivity index (χ1) is 25.6. The number of nitrogens with one attached hydrogen (secondary N) is 2. The number of fused-ring (bicyclic) bond motifs is 5. The number of amides is 1. The molecule has 0 spiro atoms. The molecule has 9 rings (SSSR count). The topological polar surface area (TPSA) is 126 Å². The Balaban J connectivity index is 1.25. The van der Waals surface area contributed by atoms with Crippen molar-refractivity contribution in [3.05, 3.63) is 110 Å². The summed E-state index contributed by atoms with van der Waals surface area (Å²) in [6, 6.07) is 13.8. The summed E-state index contributed by atoms with van der Waals surface area (Å²) in [5, 5.41) is 10.0. The Morgan fingerprint density at radius 3 is 2.62 bits per heavy atom. The maximum Gasteiger partial charge on any atom is 0.434 e. The number of hydrogen-bond acceptors (Lipinski definition) is 9. The van der Waals surface area contributed by atoms with Gasteiger partial charge in [0.2, 0.25) is 0 Å². The van der Waals surface area contributed by atoms with Gasteiger partial charge in [0.15, 0.2) is 0 Å². The fourth-order valence-corrected chi connectivity index (χ4v) is 9.15. The van der Waals surface area contributed by atoms with Crippen LogP contribution in [-0.4, -0.2) is 44.6 Å². The van der Waals surface area contributed by atoms with Crippen molar-refractivity contribution in [3.8, 4) is 27.6 Å². The summed E-state index contributed by atoms with van der Waals surface area (Å²) in [5.74, 6) is -0.765. The predicted molar refractivity (Wildman–Crippen MR) is 188 cm³/mol. The summed E-state index contributed by atoms with van der Waals surface area (Å²) in [6.45, 7) is 0.532. The number of carbonyl (C=O) groups is 1. The molecule has 1 aliphatic carbocycles. The van der Waals surface area contributed by atoms with Crippen molar-refractivity contribution < 1.29 is 31.5 Å². The second kappa shape index (κ2) is 12.5. The van der Waals surface area contributed by atoms with Crippen LogP contribution in [0.25, 0.3) is 32.0 Å². The Kier molecular flexibility index (Phi) is 7.87. The van der Waals surface area contributed by atoms with Gasteiger partial charge in [0.25, 0.3) is 11.8 Å². The second-order valence-electron chi connectivity index (χ2n) is 13.4. The zero-order valence-corrected chi connectivity index (χ0v) is 29.0. The summed E-state index contributed by atoms with van der Waals surface area (Å²) < 4.78 is 68.4. The first-order valence-electron chi connectivity index (χ1n) is 17.2. The fraction of sp³-hybridized carbons (Fsp3) is 0.289. The quantitative estimate of drug-likeness (QED) is 0.150. The van der Waals surface area contributed by atoms with Gasteiger partial charge in [-0.05, 0) is 90.9 Å². The number of methoxy groups -OCH3 is 1. The minimum Gasteiger partial charge on any atom is -0.496 e. The van der Waals surface area contributed by atoms with Crippen LogP contribution < -0.4 is 15.8 Å². The van der Waals surface area contributed by atoms with Crippen LogP contribution in [0.3, 0.4) is 0 Å². The van der Waals surface area contributed by atoms with Crippen LogP contribution in [0.15, 0.2) is 63.8 Å². The Hall–Kier alpha value is -5.57. The van der Waals surface area contributed by atoms with E-state index in [1.807, 2.05) is 18.2 Å². The molecule has 3 aliphatic rings. The van der Waals surface area contributed by atoms with Crippen LogP contribution in [0.5, 0.6) is 5.75 Å². The molecule has 2 aromatic carbocycles. The zero-order chi connectivity index (χ0) is 36.6. The number of carbonyl (C=O) groups excluding carboxylic acids is 1. The summed E-state index contributed by atoms with van der Waals surface area (Å²) in [5.41, 5.74) is 3.73. The molecule has 2 aliphatic heterocycles. The van der Waals surface area contributed by atoms with E-state index in [2.05, 4.69) is 20.5 Å². The summed E-state index contributed by atoms with van der Waals surface area (Å²) in [6.07, 6.45) is -1.20. The molecule has 4 aromatic heterocycles. The number of pyridine rings is 2. The molecule has 2 N–H and O–H groups in total. The fourth-order valence-electron chi connectivity index (χ4n) is 8.00. The van der Waals surface area contributed by atoms with Gasteiger partial charge in [-0.1, -0.05) is 24.3 Å². The monoisotopic (exact) mass is 742 g/mol. The van der Waals surface area contributed by atoms with E-state index in [1.165, 1.54) is 23.5 Å². The van der Waals surface area contributed by atoms with Gasteiger partial charge in [0, 0.05) is 17.0 Å². The number of thiophene rings is 1. The van der Waals surface area contributed by atoms with Crippen molar-refractivity contribution >= 4 is 33.1 Å². The van der Waals surface area contributed by atoms with Gasteiger partial charge in [0.05, 0.1) is 46.4 Å². The van der Waals surface area contributed by atoms with Crippen molar-refractivity contribution in [1.82, 2.24) is 25.1 Å². The predicted octanol–water partition coefficient (Wildman–Crippen LogP) is 8.04. The Labute approximate surface area is 302 Å². The molecule has 0 bridgehead atoms. The van der Waals surface area contributed by atoms with E-state index in [0.29, 0.717) is 76.3 Å². The lowest BCUT2D eigenvalue weighted by Gasteiger charge is -2.17. The third kappa shape index (κ3) is 5.64. The number of benzene rings is 2. The highest BCUT2D eigenvalue weighted by Gasteiger charge is 2.45. The minimum absolute atomic E-state index is 0.0637. The number of aryl methyl sites for hydroxylation is 2. The van der Waals surface area contributed by atoms with Gasteiger partial charge < -0.3 is 19.4 Å². The van der Waals surface area contributed by atoms with Crippen molar-refractivity contribution in [2.24, 2.45) is 0 Å². The Morgan fingerprint density at radius 2 is 1.87 bits per heavy atom. The van der Waals surface area contributed by atoms with Crippen LogP contribution >= 0.6 is 11.3 Å². The highest BCUT2D eigenvalue weighted by Crippen LogP contribution is 2.51. The number of H-pyrrole nitrogens is 1. The number of anilines is 1. The van der Waals surface area contributed by atoms with Gasteiger partial charge in [0.1, 0.15) is 23.1 Å². The minimum atomic E-state index is -4.74. The lowest BCUT2D eigenvalue weighted by Crippen LogP contribution is -2.22. The van der Waals surface area contributed by atoms with E-state index in [0.717, 1.165) is 34.9 Å². The number of nitrogens with zero attached hydrogens (tertiary/aromatic N) is 4. The maximum atomic E-state index is 14.4. The maximum absolute atomic E-state index is 14.4. The number of aromatic amines is 1. The van der Waals surface area contributed by atoms with Crippen LogP contribution in [0.2, 0.25) is 0 Å². The first kappa shape index (κ1) is 33.3. The van der Waals surface area contributed by atoms with Crippen molar-refractivity contribution in [1.29, 1.82) is 0 Å². The Bertz CT molecular complexity index is 2490. The number of halogens is 4. The van der Waals surface area contributed by atoms with Crippen molar-refractivity contribution in [2.75, 3.05) is 19.0 Å². The molecule has 2 unspecified atom stereocenters. The summed E-state index contributed by atoms with van der Waals surface area (Å²) >= 11 is 1.19. The van der Waals surface area contributed by atoms with E-state index < -0.39 is 17.6 Å². The molecule has 1 amide bonds. The van der Waals surface area contributed by atoms with E-state index in [4.69, 9.17) is 14.1 Å². The van der Waals surface area contributed by atoms with Gasteiger partial charge in [-0.2, -0.15) is 13.2 Å². The Morgan fingerprint density at radius 1 is 1.04 bits per heavy atom. The van der Waals surface area contributed by atoms with E-state index in [9.17, 15) is 27.2 Å². The summed E-state index contributed by atoms with van der Waals surface area (Å²) in [7, 11) is 1.59. The molecular weight excluding hydrogens is 713 g/mol. The van der Waals surface area contributed by atoms with Gasteiger partial charge in [-0.15, -0.1) is 16.4 Å². The molecule has 6 heterocycles. The molecule has 0 saturated carbocycles. The van der Waals surface area contributed by atoms with Crippen molar-refractivity contribution in [2.45, 2.75) is 56.8 Å². The second-order valence-corrected chi connectivity index (χ2v) is 14.5. The van der Waals surface area contributed by atoms with Crippen LogP contribution in [0.1, 0.15) is 75.5 Å². The highest BCUT2D eigenvalue weighted by atomic mass is 32.1. The van der Waals surface area contributed by atoms with Gasteiger partial charge >= 0.3 is 11.9 Å². The largest absolute Gasteiger partial charge is 0.496 e. The molecule has 270 valence electrons. The average molecular weight is 743 g/mol. The third-order valence-electron chi connectivity index (χ3n) is 10.4. The van der Waals surface area contributed by atoms with Crippen LogP contribution in [-0.2, 0) is 25.4 Å². The molecule has 53 heavy (non-hydrogen) atoms. The molecule has 15 heteroatoms. The molecule has 2 atom stereocenters. The van der Waals surface area contributed by atoms with E-state index in [1.54, 1.807) is 30.2 Å². The molecule has 1 saturated heterocycles. The molecule has 6 aromatic rings. The van der Waals surface area contributed by atoms with E-state index >= 15 is 0 Å². The molecular formula is C38H30F4N6O4S. The van der Waals surface area contributed by atoms with Crippen molar-refractivity contribution in [3.63, 3.8) is 0 Å². The van der Waals surface area contributed by atoms with Gasteiger partial charge in [-0.25, -0.2) is 19.3 Å². The third-order valence-corrected chi connectivity index (χ3v) is 11.5. The number of hydrogen-bond donors (Lipinski definition) is 2. The number of ether oxygens (including phenoxy) is 1. The lowest BCUT2D eigenvalue weighted by molar-refractivity contribution is -0.141. The SMILES string of the molecule is COc1cccc2c1CCC2Nc1nc(C(F)(F)F)cc2cc(-c3c4c(nc(CCc5ccc(F)cc5)c3-c3n[nH]c(=O)o3)C3CCCN3C4=O)sc12. The van der Waals surface area contributed by atoms with Gasteiger partial charge in [-0.3, -0.25) is 9.78 Å². The van der Waals surface area contributed by atoms with E-state index in [-0.39, 0.29) is 40.9 Å². The average Bonchev–Trinajstić information content (AvgIpc) is 3.98. The van der Waals surface area contributed by atoms with Crippen LogP contribution in [0.4, 0.5) is 23.4 Å². The normalized spacial score (nSPS) is 17.8. The standard InChI is InChI=1S/C38H30F4N6O4S/c1-51-26-6-2-4-21-22(26)12-14-23(21)44-34-33-19(17-28(45-34)38(40,41)42)16-27(53-33)30-29(35-46-47-37(50)52-35)24(13-9-18-7-10-20(39)11-8-18)43-32-25-5-3-15-48(25)36(49)31(30)32/h2,4,6-8,10-11,16-17,23,25H,3,5,9,12-15H2,1H3,(H,44,45)(H,47,50). The number of alkyl halides is 3. The smallest absolute Gasteiger partial charge is 0.434 e. The lowest BCUT2D eigenvalue weighted by atomic mass is 9.93. The molecule has 10 nitrogen and oxygen atoms in total. The number of aromatic nitrogens is 4. The molecule has 1 fully saturated rings. The first-order valence-corrected chi connectivity index (χ1v) is 18.0. The molecule has 0 radical (unpaired) electrons. The zero-order valence-electron chi connectivity index (χ0n) is 28.1. The number of rotatable bonds is 8. The van der Waals surface area contributed by atoms with Crippen LogP contribution in [0, 0.1) is 5.82 Å². The summed E-state index contributed by atoms with van der Waals surface area (Å²) in [4.78, 5) is 37.9. The highest BCUT2D eigenvalue weighted by molar-refractivity contribution is 7.23.